The third-order valence-electron chi connectivity index (χ3n) is 2.97. The third-order valence-corrected chi connectivity index (χ3v) is 4.78. The molecule has 0 atom stereocenters. The van der Waals surface area contributed by atoms with Crippen LogP contribution in [0.2, 0.25) is 0 Å². The Morgan fingerprint density at radius 3 is 2.64 bits per heavy atom. The molecule has 0 aliphatic rings. The molecule has 2 aromatic heterocycles. The lowest BCUT2D eigenvalue weighted by Crippen LogP contribution is -2.12. The maximum Gasteiger partial charge on any atom is 0.353 e. The van der Waals surface area contributed by atoms with Crippen molar-refractivity contribution >= 4 is 24.7 Å². The normalized spacial score (nSPS) is 12.1. The van der Waals surface area contributed by atoms with Gasteiger partial charge in [-0.3, -0.25) is 4.57 Å². The van der Waals surface area contributed by atoms with Crippen molar-refractivity contribution in [1.29, 1.82) is 0 Å². The van der Waals surface area contributed by atoms with E-state index in [2.05, 4.69) is 15.0 Å². The Bertz CT molecular complexity index is 768. The first-order valence-corrected chi connectivity index (χ1v) is 9.38. The minimum Gasteiger partial charge on any atom is -0.479 e. The summed E-state index contributed by atoms with van der Waals surface area (Å²) in [6.07, 6.45) is 3.63. The molecular weight excluding hydrogens is 349 g/mol. The molecule has 2 N–H and O–H groups in total. The Morgan fingerprint density at radius 1 is 1.28 bits per heavy atom. The van der Waals surface area contributed by atoms with E-state index in [1.807, 2.05) is 0 Å². The van der Waals surface area contributed by atoms with E-state index in [1.54, 1.807) is 19.9 Å². The van der Waals surface area contributed by atoms with Gasteiger partial charge in [0.25, 0.3) is 0 Å². The summed E-state index contributed by atoms with van der Waals surface area (Å²) in [6.45, 7) is 4.43. The van der Waals surface area contributed by atoms with Gasteiger partial charge in [-0.05, 0) is 13.8 Å². The van der Waals surface area contributed by atoms with Crippen LogP contribution in [0.25, 0.3) is 11.2 Å². The Labute approximate surface area is 145 Å². The zero-order valence-electron chi connectivity index (χ0n) is 14.4. The van der Waals surface area contributed by atoms with Crippen LogP contribution in [-0.4, -0.2) is 46.6 Å². The predicted octanol–water partition coefficient (Wildman–Crippen LogP) is 2.02. The van der Waals surface area contributed by atoms with Crippen LogP contribution < -0.4 is 15.3 Å². The quantitative estimate of drug-likeness (QED) is 0.493. The van der Waals surface area contributed by atoms with Gasteiger partial charge < -0.3 is 24.4 Å². The fraction of sp³-hybridized carbons (Fsp3) is 0.500. The van der Waals surface area contributed by atoms with Gasteiger partial charge in [0.2, 0.25) is 17.5 Å². The highest BCUT2D eigenvalue weighted by atomic mass is 31.2. The number of fused-ring (bicyclic) bond motifs is 1. The second-order valence-electron chi connectivity index (χ2n) is 4.72. The van der Waals surface area contributed by atoms with Crippen LogP contribution in [0.5, 0.6) is 5.88 Å². The molecule has 0 saturated heterocycles. The number of hydrogen-bond acceptors (Lipinski definition) is 9. The number of nitrogens with zero attached hydrogens (tertiary/aromatic N) is 4. The van der Waals surface area contributed by atoms with E-state index >= 15 is 0 Å². The summed E-state index contributed by atoms with van der Waals surface area (Å²) in [5, 5.41) is 0. The molecule has 2 rings (SSSR count). The summed E-state index contributed by atoms with van der Waals surface area (Å²) >= 11 is 0. The first-order chi connectivity index (χ1) is 12.0. The molecule has 0 fully saturated rings. The SMILES string of the molecule is CCOP(=O)(C=CCCOn1cnc2c(OC)nc(N)nc21)OCC. The highest BCUT2D eigenvalue weighted by Gasteiger charge is 2.18. The number of imidazole rings is 1. The monoisotopic (exact) mass is 371 g/mol. The number of methoxy groups -OCH3 is 1. The lowest BCUT2D eigenvalue weighted by molar-refractivity contribution is 0.121. The van der Waals surface area contributed by atoms with Crippen LogP contribution in [0, 0.1) is 0 Å². The Hall–Kier alpha value is -2.16. The van der Waals surface area contributed by atoms with Crippen molar-refractivity contribution in [3.63, 3.8) is 0 Å². The second-order valence-corrected chi connectivity index (χ2v) is 6.61. The maximum atomic E-state index is 12.3. The molecule has 25 heavy (non-hydrogen) atoms. The summed E-state index contributed by atoms with van der Waals surface area (Å²) in [4.78, 5) is 17.8. The van der Waals surface area contributed by atoms with Crippen molar-refractivity contribution in [3.8, 4) is 5.88 Å². The van der Waals surface area contributed by atoms with Crippen LogP contribution in [0.4, 0.5) is 5.95 Å². The lowest BCUT2D eigenvalue weighted by Gasteiger charge is -2.12. The van der Waals surface area contributed by atoms with Crippen molar-refractivity contribution in [2.24, 2.45) is 0 Å². The van der Waals surface area contributed by atoms with Gasteiger partial charge in [-0.15, -0.1) is 0 Å². The Morgan fingerprint density at radius 2 is 2.00 bits per heavy atom. The van der Waals surface area contributed by atoms with Crippen LogP contribution in [-0.2, 0) is 13.6 Å². The zero-order chi connectivity index (χ0) is 18.3. The second kappa shape index (κ2) is 8.80. The standard InChI is InChI=1S/C14H22N5O5P/c1-4-23-25(20,24-5-2)9-7-6-8-22-19-10-16-11-12(19)17-14(15)18-13(11)21-3/h7,9-10H,4-6,8H2,1-3H3,(H2,15,17,18). The van der Waals surface area contributed by atoms with E-state index in [-0.39, 0.29) is 11.8 Å². The molecule has 0 spiro atoms. The number of hydrogen-bond donors (Lipinski definition) is 1. The first kappa shape index (κ1) is 19.2. The number of ether oxygens (including phenoxy) is 1. The van der Waals surface area contributed by atoms with Gasteiger partial charge in [0.05, 0.1) is 20.3 Å². The van der Waals surface area contributed by atoms with Crippen LogP contribution in [0.1, 0.15) is 20.3 Å². The number of anilines is 1. The topological polar surface area (TPSA) is 124 Å². The molecule has 0 bridgehead atoms. The summed E-state index contributed by atoms with van der Waals surface area (Å²) in [7, 11) is -1.71. The molecule has 0 aromatic carbocycles. The van der Waals surface area contributed by atoms with Gasteiger partial charge in [-0.1, -0.05) is 6.08 Å². The summed E-state index contributed by atoms with van der Waals surface area (Å²) in [5.74, 6) is 1.78. The largest absolute Gasteiger partial charge is 0.479 e. The lowest BCUT2D eigenvalue weighted by atomic mass is 10.5. The molecule has 2 aromatic rings. The third kappa shape index (κ3) is 4.91. The molecule has 0 amide bonds. The van der Waals surface area contributed by atoms with Gasteiger partial charge in [-0.2, -0.15) is 14.7 Å². The molecular formula is C14H22N5O5P. The number of rotatable bonds is 10. The molecule has 138 valence electrons. The average molecular weight is 371 g/mol. The van der Waals surface area contributed by atoms with Gasteiger partial charge in [-0.25, -0.2) is 4.98 Å². The minimum atomic E-state index is -3.18. The molecule has 10 nitrogen and oxygen atoms in total. The van der Waals surface area contributed by atoms with Crippen molar-refractivity contribution in [3.05, 3.63) is 18.2 Å². The van der Waals surface area contributed by atoms with Crippen LogP contribution in [0.3, 0.4) is 0 Å². The zero-order valence-corrected chi connectivity index (χ0v) is 15.3. The van der Waals surface area contributed by atoms with Gasteiger partial charge in [0.1, 0.15) is 12.9 Å². The van der Waals surface area contributed by atoms with E-state index in [0.717, 1.165) is 0 Å². The van der Waals surface area contributed by atoms with Crippen molar-refractivity contribution < 1.29 is 23.2 Å². The summed E-state index contributed by atoms with van der Waals surface area (Å²) < 4.78 is 29.1. The van der Waals surface area contributed by atoms with Gasteiger partial charge in [0, 0.05) is 12.2 Å². The minimum absolute atomic E-state index is 0.0592. The molecule has 2 heterocycles. The Balaban J connectivity index is 1.98. The molecule has 0 radical (unpaired) electrons. The van der Waals surface area contributed by atoms with Crippen molar-refractivity contribution in [2.45, 2.75) is 20.3 Å². The molecule has 11 heteroatoms. The Kier molecular flexibility index (Phi) is 6.74. The van der Waals surface area contributed by atoms with E-state index in [1.165, 1.54) is 24.0 Å². The summed E-state index contributed by atoms with van der Waals surface area (Å²) in [5.41, 5.74) is 6.49. The predicted molar refractivity (Wildman–Crippen MR) is 92.3 cm³/mol. The fourth-order valence-corrected chi connectivity index (χ4v) is 3.39. The molecule has 0 aliphatic heterocycles. The smallest absolute Gasteiger partial charge is 0.353 e. The van der Waals surface area contributed by atoms with Gasteiger partial charge in [0.15, 0.2) is 5.52 Å². The molecule has 0 aliphatic carbocycles. The van der Waals surface area contributed by atoms with Gasteiger partial charge >= 0.3 is 7.60 Å². The van der Waals surface area contributed by atoms with E-state index in [4.69, 9.17) is 24.4 Å². The van der Waals surface area contributed by atoms with E-state index in [9.17, 15) is 4.57 Å². The number of nitrogens with two attached hydrogens (primary N) is 1. The fourth-order valence-electron chi connectivity index (χ4n) is 2.01. The average Bonchev–Trinajstić information content (AvgIpc) is 2.97. The van der Waals surface area contributed by atoms with Crippen LogP contribution in [0.15, 0.2) is 18.2 Å². The van der Waals surface area contributed by atoms with E-state index < -0.39 is 7.60 Å². The molecule has 0 unspecified atom stereocenters. The first-order valence-electron chi connectivity index (χ1n) is 7.77. The highest BCUT2D eigenvalue weighted by molar-refractivity contribution is 7.57. The molecule has 0 saturated carbocycles. The highest BCUT2D eigenvalue weighted by Crippen LogP contribution is 2.49. The maximum absolute atomic E-state index is 12.3. The van der Waals surface area contributed by atoms with Crippen LogP contribution >= 0.6 is 7.60 Å². The van der Waals surface area contributed by atoms with E-state index in [0.29, 0.717) is 37.4 Å². The summed E-state index contributed by atoms with van der Waals surface area (Å²) in [6, 6.07) is 0. The van der Waals surface area contributed by atoms with Crippen molar-refractivity contribution in [2.75, 3.05) is 32.7 Å². The number of nitrogen functional groups attached to an aromatic ring is 1. The van der Waals surface area contributed by atoms with Crippen molar-refractivity contribution in [1.82, 2.24) is 19.7 Å². The number of aromatic nitrogens is 4.